The van der Waals surface area contributed by atoms with Crippen molar-refractivity contribution in [1.29, 1.82) is 0 Å². The molecule has 1 aromatic rings. The van der Waals surface area contributed by atoms with Crippen LogP contribution in [0, 0.1) is 46.3 Å². The van der Waals surface area contributed by atoms with Gasteiger partial charge in [0.25, 0.3) is 0 Å². The Morgan fingerprint density at radius 2 is 1.74 bits per heavy atom. The van der Waals surface area contributed by atoms with E-state index in [4.69, 9.17) is 9.47 Å². The molecule has 5 rings (SSSR count). The molecule has 5 heteroatoms. The van der Waals surface area contributed by atoms with Gasteiger partial charge in [0, 0.05) is 18.9 Å². The van der Waals surface area contributed by atoms with E-state index < -0.39 is 0 Å². The number of benzene rings is 1. The minimum atomic E-state index is -0.0534. The summed E-state index contributed by atoms with van der Waals surface area (Å²) in [5, 5.41) is 9.78. The number of ether oxygens (including phenoxy) is 2. The highest BCUT2D eigenvalue weighted by Gasteiger charge is 2.59. The molecule has 0 aliphatic heterocycles. The van der Waals surface area contributed by atoms with Gasteiger partial charge in [0.1, 0.15) is 17.6 Å². The van der Waals surface area contributed by atoms with Gasteiger partial charge in [-0.25, -0.2) is 0 Å². The number of phenols is 1. The van der Waals surface area contributed by atoms with E-state index in [0.29, 0.717) is 30.5 Å². The first-order chi connectivity index (χ1) is 22.5. The molecule has 3 saturated carbocycles. The van der Waals surface area contributed by atoms with Gasteiger partial charge in [-0.2, -0.15) is 0 Å². The van der Waals surface area contributed by atoms with Gasteiger partial charge in [0.05, 0.1) is 12.2 Å². The third-order valence-corrected chi connectivity index (χ3v) is 13.5. The van der Waals surface area contributed by atoms with Crippen molar-refractivity contribution >= 4 is 12.3 Å². The van der Waals surface area contributed by atoms with Crippen molar-refractivity contribution in [3.05, 3.63) is 35.4 Å². The van der Waals surface area contributed by atoms with Crippen molar-refractivity contribution in [2.45, 2.75) is 150 Å². The maximum absolute atomic E-state index is 12.8. The van der Waals surface area contributed by atoms with Gasteiger partial charge in [-0.1, -0.05) is 84.8 Å². The molecule has 0 bridgehead atoms. The fraction of sp³-hybridized carbons (Fsp3) is 0.762. The number of carbonyl (C=O) groups excluding carboxylic acids is 2. The van der Waals surface area contributed by atoms with Crippen molar-refractivity contribution in [3.8, 4) is 11.5 Å². The molecule has 0 aromatic heterocycles. The summed E-state index contributed by atoms with van der Waals surface area (Å²) in [5.41, 5.74) is 2.68. The Morgan fingerprint density at radius 3 is 2.51 bits per heavy atom. The molecule has 4 aliphatic carbocycles. The average Bonchev–Trinajstić information content (AvgIpc) is 3.39. The van der Waals surface area contributed by atoms with Crippen LogP contribution in [0.5, 0.6) is 11.5 Å². The summed E-state index contributed by atoms with van der Waals surface area (Å²) in [5.74, 6) is 5.59. The summed E-state index contributed by atoms with van der Waals surface area (Å²) in [4.78, 5) is 23.6. The number of aromatic hydroxyl groups is 1. The van der Waals surface area contributed by atoms with Crippen LogP contribution in [0.3, 0.4) is 0 Å². The zero-order valence-electron chi connectivity index (χ0n) is 30.2. The lowest BCUT2D eigenvalue weighted by molar-refractivity contribution is -0.151. The number of unbranched alkanes of at least 4 members (excludes halogenated alkanes) is 4. The molecule has 0 saturated heterocycles. The van der Waals surface area contributed by atoms with Crippen LogP contribution in [0.15, 0.2) is 29.8 Å². The smallest absolute Gasteiger partial charge is 0.306 e. The van der Waals surface area contributed by atoms with Crippen molar-refractivity contribution in [3.63, 3.8) is 0 Å². The quantitative estimate of drug-likeness (QED) is 0.0836. The summed E-state index contributed by atoms with van der Waals surface area (Å²) >= 11 is 0. The van der Waals surface area contributed by atoms with Gasteiger partial charge >= 0.3 is 5.97 Å². The number of esters is 1. The highest BCUT2D eigenvalue weighted by atomic mass is 16.5. The number of hydrogen-bond donors (Lipinski definition) is 1. The second-order valence-corrected chi connectivity index (χ2v) is 16.8. The summed E-state index contributed by atoms with van der Waals surface area (Å²) in [6.07, 6.45) is 22.9. The number of fused-ring (bicyclic) bond motifs is 5. The van der Waals surface area contributed by atoms with Gasteiger partial charge in [0.15, 0.2) is 6.29 Å². The van der Waals surface area contributed by atoms with Crippen LogP contribution in [-0.2, 0) is 9.53 Å². The number of allylic oxidation sites excluding steroid dienone is 1. The number of rotatable bonds is 16. The van der Waals surface area contributed by atoms with Crippen LogP contribution in [0.2, 0.25) is 0 Å². The van der Waals surface area contributed by atoms with Crippen molar-refractivity contribution in [2.24, 2.45) is 46.3 Å². The van der Waals surface area contributed by atoms with Crippen LogP contribution < -0.4 is 4.74 Å². The fourth-order valence-corrected chi connectivity index (χ4v) is 10.8. The van der Waals surface area contributed by atoms with Gasteiger partial charge in [-0.05, 0) is 116 Å². The van der Waals surface area contributed by atoms with E-state index in [1.54, 1.807) is 17.7 Å². The summed E-state index contributed by atoms with van der Waals surface area (Å²) in [6, 6.07) is 4.75. The Morgan fingerprint density at radius 1 is 0.957 bits per heavy atom. The van der Waals surface area contributed by atoms with E-state index in [0.717, 1.165) is 80.5 Å². The number of aldehydes is 1. The molecular weight excluding hydrogens is 584 g/mol. The monoisotopic (exact) mass is 648 g/mol. The van der Waals surface area contributed by atoms with Crippen molar-refractivity contribution < 1.29 is 24.2 Å². The molecule has 3 fully saturated rings. The van der Waals surface area contributed by atoms with Crippen LogP contribution in [0.25, 0.3) is 0 Å². The van der Waals surface area contributed by atoms with E-state index >= 15 is 0 Å². The van der Waals surface area contributed by atoms with Crippen molar-refractivity contribution in [1.82, 2.24) is 0 Å². The minimum absolute atomic E-state index is 0.0252. The first-order valence-corrected chi connectivity index (χ1v) is 19.3. The number of phenolic OH excluding ortho intramolecular Hbond substituents is 1. The highest BCUT2D eigenvalue weighted by molar-refractivity contribution is 5.79. The van der Waals surface area contributed by atoms with Crippen molar-refractivity contribution in [2.75, 3.05) is 6.61 Å². The van der Waals surface area contributed by atoms with E-state index in [1.807, 2.05) is 0 Å². The topological polar surface area (TPSA) is 72.8 Å². The van der Waals surface area contributed by atoms with Gasteiger partial charge < -0.3 is 14.6 Å². The molecule has 0 spiro atoms. The molecule has 0 radical (unpaired) electrons. The summed E-state index contributed by atoms with van der Waals surface area (Å²) in [7, 11) is 0. The Bertz CT molecular complexity index is 1240. The molecule has 5 nitrogen and oxygen atoms in total. The van der Waals surface area contributed by atoms with E-state index in [-0.39, 0.29) is 28.8 Å². The molecule has 1 N–H and O–H groups in total. The lowest BCUT2D eigenvalue weighted by Gasteiger charge is -2.58. The molecule has 0 amide bonds. The largest absolute Gasteiger partial charge is 0.507 e. The summed E-state index contributed by atoms with van der Waals surface area (Å²) < 4.78 is 11.8. The zero-order chi connectivity index (χ0) is 33.6. The molecule has 8 atom stereocenters. The third-order valence-electron chi connectivity index (χ3n) is 13.5. The van der Waals surface area contributed by atoms with E-state index in [9.17, 15) is 14.7 Å². The molecule has 1 aromatic carbocycles. The maximum atomic E-state index is 12.8. The molecule has 0 heterocycles. The predicted octanol–water partition coefficient (Wildman–Crippen LogP) is 10.9. The van der Waals surface area contributed by atoms with Crippen LogP contribution in [-0.4, -0.2) is 30.1 Å². The second-order valence-electron chi connectivity index (χ2n) is 16.8. The molecule has 47 heavy (non-hydrogen) atoms. The molecule has 4 aliphatic rings. The first-order valence-electron chi connectivity index (χ1n) is 19.3. The Labute approximate surface area is 285 Å². The van der Waals surface area contributed by atoms with Gasteiger partial charge in [0.2, 0.25) is 0 Å². The maximum Gasteiger partial charge on any atom is 0.306 e. The second kappa shape index (κ2) is 15.9. The fourth-order valence-electron chi connectivity index (χ4n) is 10.8. The lowest BCUT2D eigenvalue weighted by atomic mass is 9.47. The van der Waals surface area contributed by atoms with Crippen LogP contribution >= 0.6 is 0 Å². The SMILES string of the molecule is CC(C)CCC[C@@H](C)[C@H]1CC[C@H]2[C@@H]3CC=C4C[C@@H](OC(=O)CCCCCCCOc5ccc(C=O)c(O)c5)CC[C@]4(C)[C@H]3CC[C@]12C. The first kappa shape index (κ1) is 36.0. The predicted molar refractivity (Wildman–Crippen MR) is 190 cm³/mol. The standard InChI is InChI=1S/C42H64O5/c1-29(2)12-11-13-30(3)36-19-20-37-35-18-16-32-26-34(21-23-41(32,4)38(35)22-24-42(36,37)5)47-40(45)14-9-7-6-8-10-25-46-33-17-15-31(28-43)39(44)27-33/h15-17,27-30,34-38,44H,6-14,18-26H2,1-5H3/t30-,34+,35+,36-,37+,38+,41+,42-/m1/s1. The normalized spacial score (nSPS) is 32.1. The lowest BCUT2D eigenvalue weighted by Crippen LogP contribution is -2.51. The zero-order valence-corrected chi connectivity index (χ0v) is 30.2. The third kappa shape index (κ3) is 8.30. The van der Waals surface area contributed by atoms with Crippen LogP contribution in [0.4, 0.5) is 0 Å². The molecule has 0 unspecified atom stereocenters. The molecule has 262 valence electrons. The Hall–Kier alpha value is -2.30. The van der Waals surface area contributed by atoms with E-state index in [1.165, 1.54) is 63.9 Å². The molecular formula is C42H64O5. The highest BCUT2D eigenvalue weighted by Crippen LogP contribution is 2.67. The van der Waals surface area contributed by atoms with Gasteiger partial charge in [-0.3, -0.25) is 9.59 Å². The Kier molecular flexibility index (Phi) is 12.2. The summed E-state index contributed by atoms with van der Waals surface area (Å²) in [6.45, 7) is 13.1. The Balaban J connectivity index is 1.01. The van der Waals surface area contributed by atoms with Gasteiger partial charge in [-0.15, -0.1) is 0 Å². The van der Waals surface area contributed by atoms with Crippen LogP contribution in [0.1, 0.15) is 154 Å². The number of carbonyl (C=O) groups is 2. The average molecular weight is 649 g/mol. The minimum Gasteiger partial charge on any atom is -0.507 e. The number of hydrogen-bond acceptors (Lipinski definition) is 5. The van der Waals surface area contributed by atoms with E-state index in [2.05, 4.69) is 40.7 Å².